The van der Waals surface area contributed by atoms with Crippen LogP contribution < -0.4 is 4.74 Å². The monoisotopic (exact) mass is 435 g/mol. The number of benzene rings is 1. The van der Waals surface area contributed by atoms with E-state index in [1.54, 1.807) is 13.3 Å². The summed E-state index contributed by atoms with van der Waals surface area (Å²) in [5, 5.41) is 1.07. The van der Waals surface area contributed by atoms with Gasteiger partial charge in [0.2, 0.25) is 0 Å². The molecule has 0 amide bonds. The van der Waals surface area contributed by atoms with Gasteiger partial charge in [-0.05, 0) is 48.0 Å². The lowest BCUT2D eigenvalue weighted by Gasteiger charge is -2.46. The van der Waals surface area contributed by atoms with Crippen LogP contribution in [0.4, 0.5) is 0 Å². The van der Waals surface area contributed by atoms with E-state index in [-0.39, 0.29) is 18.3 Å². The summed E-state index contributed by atoms with van der Waals surface area (Å²) >= 11 is 3.45. The second-order valence-electron chi connectivity index (χ2n) is 7.96. The summed E-state index contributed by atoms with van der Waals surface area (Å²) in [5.74, 6) is 0.201. The van der Waals surface area contributed by atoms with Crippen LogP contribution in [0.2, 0.25) is 0 Å². The molecule has 27 heavy (non-hydrogen) atoms. The highest BCUT2D eigenvalue weighted by Crippen LogP contribution is 2.53. The molecule has 0 bridgehead atoms. The van der Waals surface area contributed by atoms with Crippen molar-refractivity contribution in [3.63, 3.8) is 0 Å². The Hall–Kier alpha value is -1.25. The van der Waals surface area contributed by atoms with Crippen molar-refractivity contribution in [2.24, 2.45) is 0 Å². The Morgan fingerprint density at radius 3 is 2.74 bits per heavy atom. The van der Waals surface area contributed by atoms with Gasteiger partial charge in [-0.25, -0.2) is 0 Å². The molecule has 3 fully saturated rings. The van der Waals surface area contributed by atoms with Crippen LogP contribution in [0.25, 0.3) is 10.9 Å². The van der Waals surface area contributed by atoms with E-state index in [0.29, 0.717) is 0 Å². The number of hydrogen-bond acceptors (Lipinski definition) is 6. The molecule has 1 aliphatic carbocycles. The predicted molar refractivity (Wildman–Crippen MR) is 102 cm³/mol. The minimum Gasteiger partial charge on any atom is -0.490 e. The molecule has 5 rings (SSSR count). The molecule has 1 spiro atoms. The van der Waals surface area contributed by atoms with Gasteiger partial charge in [0, 0.05) is 42.1 Å². The molecule has 2 aliphatic heterocycles. The average molecular weight is 436 g/mol. The molecule has 3 atom stereocenters. The maximum Gasteiger partial charge on any atom is 0.186 e. The average Bonchev–Trinajstić information content (AvgIpc) is 3.06. The largest absolute Gasteiger partial charge is 0.490 e. The van der Waals surface area contributed by atoms with Crippen molar-refractivity contribution in [1.82, 2.24) is 4.98 Å². The van der Waals surface area contributed by atoms with Gasteiger partial charge in [-0.2, -0.15) is 0 Å². The zero-order valence-electron chi connectivity index (χ0n) is 15.5. The summed E-state index contributed by atoms with van der Waals surface area (Å²) < 4.78 is 30.9. The number of halogens is 1. The summed E-state index contributed by atoms with van der Waals surface area (Å²) in [5.41, 5.74) is 0.514. The summed E-state index contributed by atoms with van der Waals surface area (Å²) in [6.45, 7) is 3.86. The molecule has 1 aromatic carbocycles. The first-order chi connectivity index (χ1) is 12.9. The zero-order chi connectivity index (χ0) is 18.8. The fourth-order valence-corrected chi connectivity index (χ4v) is 4.75. The number of methoxy groups -OCH3 is 1. The van der Waals surface area contributed by atoms with Gasteiger partial charge in [-0.3, -0.25) is 4.98 Å². The van der Waals surface area contributed by atoms with Crippen LogP contribution in [0.5, 0.6) is 5.75 Å². The summed E-state index contributed by atoms with van der Waals surface area (Å²) in [4.78, 5) is 4.44. The van der Waals surface area contributed by atoms with E-state index in [9.17, 15) is 0 Å². The van der Waals surface area contributed by atoms with Crippen LogP contribution in [0.15, 0.2) is 34.9 Å². The third-order valence-electron chi connectivity index (χ3n) is 5.57. The third-order valence-corrected chi connectivity index (χ3v) is 6.00. The fourth-order valence-electron chi connectivity index (χ4n) is 4.41. The SMILES string of the molecule is CO[C@@H]1O[C@]2(C[C@@H](Oc3ccc4cc(Br)cnc4c3)C2)[C@H]2OC(C)(C)O[C@@H]12. The van der Waals surface area contributed by atoms with Gasteiger partial charge >= 0.3 is 0 Å². The zero-order valence-corrected chi connectivity index (χ0v) is 17.1. The number of nitrogens with zero attached hydrogens (tertiary/aromatic N) is 1. The second kappa shape index (κ2) is 6.12. The van der Waals surface area contributed by atoms with E-state index in [2.05, 4.69) is 20.9 Å². The number of hydrogen-bond donors (Lipinski definition) is 0. The maximum absolute atomic E-state index is 6.18. The van der Waals surface area contributed by atoms with Gasteiger partial charge < -0.3 is 23.7 Å². The Labute approximate surface area is 166 Å². The molecule has 1 saturated carbocycles. The fraction of sp³-hybridized carbons (Fsp3) is 0.550. The lowest BCUT2D eigenvalue weighted by molar-refractivity contribution is -0.275. The van der Waals surface area contributed by atoms with Crippen molar-refractivity contribution < 1.29 is 23.7 Å². The Kier molecular flexibility index (Phi) is 4.04. The van der Waals surface area contributed by atoms with Gasteiger partial charge in [0.15, 0.2) is 12.1 Å². The molecule has 3 aliphatic rings. The third kappa shape index (κ3) is 2.96. The van der Waals surface area contributed by atoms with Crippen LogP contribution in [0.1, 0.15) is 26.7 Å². The molecule has 144 valence electrons. The number of ether oxygens (including phenoxy) is 5. The molecule has 2 aromatic rings. The number of rotatable bonds is 3. The first-order valence-corrected chi connectivity index (χ1v) is 9.95. The Morgan fingerprint density at radius 1 is 1.15 bits per heavy atom. The van der Waals surface area contributed by atoms with Gasteiger partial charge in [0.05, 0.1) is 5.52 Å². The van der Waals surface area contributed by atoms with Gasteiger partial charge in [0.25, 0.3) is 0 Å². The minimum absolute atomic E-state index is 0.0708. The molecule has 0 N–H and O–H groups in total. The normalized spacial score (nSPS) is 36.7. The molecule has 6 nitrogen and oxygen atoms in total. The maximum atomic E-state index is 6.18. The van der Waals surface area contributed by atoms with E-state index in [1.165, 1.54) is 0 Å². The highest BCUT2D eigenvalue weighted by molar-refractivity contribution is 9.10. The van der Waals surface area contributed by atoms with Crippen molar-refractivity contribution in [1.29, 1.82) is 0 Å². The van der Waals surface area contributed by atoms with Gasteiger partial charge in [0.1, 0.15) is 29.7 Å². The molecule has 3 heterocycles. The molecular formula is C20H22BrNO5. The Bertz CT molecular complexity index is 882. The first kappa shape index (κ1) is 17.8. The Morgan fingerprint density at radius 2 is 1.96 bits per heavy atom. The molecule has 0 radical (unpaired) electrons. The quantitative estimate of drug-likeness (QED) is 0.730. The lowest BCUT2D eigenvalue weighted by Crippen LogP contribution is -2.57. The van der Waals surface area contributed by atoms with Crippen molar-refractivity contribution in [2.75, 3.05) is 7.11 Å². The molecule has 7 heteroatoms. The van der Waals surface area contributed by atoms with E-state index in [4.69, 9.17) is 23.7 Å². The minimum atomic E-state index is -0.618. The van der Waals surface area contributed by atoms with E-state index in [1.807, 2.05) is 38.1 Å². The van der Waals surface area contributed by atoms with E-state index < -0.39 is 17.7 Å². The van der Waals surface area contributed by atoms with E-state index >= 15 is 0 Å². The smallest absolute Gasteiger partial charge is 0.186 e. The van der Waals surface area contributed by atoms with Gasteiger partial charge in [-0.1, -0.05) is 0 Å². The number of pyridine rings is 1. The first-order valence-electron chi connectivity index (χ1n) is 9.16. The van der Waals surface area contributed by atoms with Crippen molar-refractivity contribution >= 4 is 26.8 Å². The standard InChI is InChI=1S/C20H22BrNO5/c1-19(2)25-16-17(26-19)20(27-18(16)23-3)8-14(9-20)24-13-5-4-11-6-12(21)10-22-15(11)7-13/h4-7,10,14,16-18H,8-9H2,1-3H3/t14-,16-,17+,18-,20+/m1/s1. The van der Waals surface area contributed by atoms with Crippen molar-refractivity contribution in [3.8, 4) is 5.75 Å². The highest BCUT2D eigenvalue weighted by Gasteiger charge is 2.67. The lowest BCUT2D eigenvalue weighted by atomic mass is 9.73. The topological polar surface area (TPSA) is 59.0 Å². The van der Waals surface area contributed by atoms with Crippen molar-refractivity contribution in [3.05, 3.63) is 34.9 Å². The Balaban J connectivity index is 1.30. The van der Waals surface area contributed by atoms with Crippen LogP contribution >= 0.6 is 15.9 Å². The highest BCUT2D eigenvalue weighted by atomic mass is 79.9. The molecule has 0 unspecified atom stereocenters. The summed E-state index contributed by atoms with van der Waals surface area (Å²) in [7, 11) is 1.64. The van der Waals surface area contributed by atoms with Crippen LogP contribution in [-0.2, 0) is 18.9 Å². The number of aromatic nitrogens is 1. The summed E-state index contributed by atoms with van der Waals surface area (Å²) in [6, 6.07) is 8.02. The van der Waals surface area contributed by atoms with E-state index in [0.717, 1.165) is 34.0 Å². The number of fused-ring (bicyclic) bond motifs is 3. The predicted octanol–water partition coefficient (Wildman–Crippen LogP) is 3.80. The summed E-state index contributed by atoms with van der Waals surface area (Å²) in [6.07, 6.45) is 2.63. The second-order valence-corrected chi connectivity index (χ2v) is 8.88. The van der Waals surface area contributed by atoms with Crippen LogP contribution in [0.3, 0.4) is 0 Å². The molecule has 2 saturated heterocycles. The van der Waals surface area contributed by atoms with Crippen LogP contribution in [-0.4, -0.2) is 48.1 Å². The van der Waals surface area contributed by atoms with Gasteiger partial charge in [-0.15, -0.1) is 0 Å². The van der Waals surface area contributed by atoms with Crippen molar-refractivity contribution in [2.45, 2.75) is 62.7 Å². The molecule has 1 aromatic heterocycles. The van der Waals surface area contributed by atoms with Crippen LogP contribution in [0, 0.1) is 0 Å². The molecular weight excluding hydrogens is 414 g/mol.